The molecule has 1 saturated heterocycles. The third kappa shape index (κ3) is 7.87. The molecular weight excluding hydrogens is 506 g/mol. The van der Waals surface area contributed by atoms with Gasteiger partial charge in [0.1, 0.15) is 17.6 Å². The number of carbonyl (C=O) groups is 1. The molecule has 0 radical (unpaired) electrons. The molecule has 0 spiro atoms. The highest BCUT2D eigenvalue weighted by Gasteiger charge is 2.31. The van der Waals surface area contributed by atoms with Gasteiger partial charge in [0.25, 0.3) is 0 Å². The summed E-state index contributed by atoms with van der Waals surface area (Å²) in [5.74, 6) is 1.42. The fourth-order valence-corrected chi connectivity index (χ4v) is 4.84. The maximum absolute atomic E-state index is 11.5. The zero-order valence-corrected chi connectivity index (χ0v) is 22.3. The molecule has 1 amide bonds. The molecule has 1 aliphatic rings. The lowest BCUT2D eigenvalue weighted by molar-refractivity contribution is -0.268. The summed E-state index contributed by atoms with van der Waals surface area (Å²) in [6.45, 7) is 2.75. The number of amides is 1. The van der Waals surface area contributed by atoms with E-state index in [2.05, 4.69) is 0 Å². The number of benzene rings is 3. The molecule has 2 unspecified atom stereocenters. The number of hydrogen-bond donors (Lipinski definition) is 0. The average molecular weight is 539 g/mol. The zero-order chi connectivity index (χ0) is 26.7. The lowest BCUT2D eigenvalue weighted by atomic mass is 9.87. The summed E-state index contributed by atoms with van der Waals surface area (Å²) >= 11 is 6.25. The number of nitrogens with zero attached hydrogens (tertiary/aromatic N) is 1. The molecule has 3 aromatic rings. The van der Waals surface area contributed by atoms with Gasteiger partial charge in [0, 0.05) is 25.4 Å². The highest BCUT2D eigenvalue weighted by molar-refractivity contribution is 6.32. The molecular formula is C30H33ClNO6-. The number of piperidine rings is 1. The van der Waals surface area contributed by atoms with Crippen LogP contribution >= 0.6 is 11.6 Å². The average Bonchev–Trinajstić information content (AvgIpc) is 2.94. The number of carboxylic acid groups (broad SMARTS) is 1. The van der Waals surface area contributed by atoms with Crippen LogP contribution < -0.4 is 14.6 Å². The van der Waals surface area contributed by atoms with Crippen LogP contribution in [0.25, 0.3) is 0 Å². The summed E-state index contributed by atoms with van der Waals surface area (Å²) in [4.78, 5) is 12.8. The van der Waals surface area contributed by atoms with E-state index in [1.807, 2.05) is 60.7 Å². The van der Waals surface area contributed by atoms with Crippen molar-refractivity contribution in [3.63, 3.8) is 0 Å². The van der Waals surface area contributed by atoms with E-state index in [0.717, 1.165) is 28.9 Å². The van der Waals surface area contributed by atoms with Gasteiger partial charge in [-0.15, -0.1) is 0 Å². The van der Waals surface area contributed by atoms with Crippen molar-refractivity contribution in [1.29, 1.82) is 0 Å². The predicted octanol–water partition coefficient (Wildman–Crippen LogP) is 5.05. The molecule has 1 heterocycles. The summed E-state index contributed by atoms with van der Waals surface area (Å²) in [7, 11) is 1.57. The van der Waals surface area contributed by atoms with Crippen molar-refractivity contribution >= 4 is 17.7 Å². The minimum Gasteiger partial charge on any atom is -0.530 e. The van der Waals surface area contributed by atoms with Crippen molar-refractivity contribution in [2.45, 2.75) is 38.1 Å². The molecule has 1 fully saturated rings. The lowest BCUT2D eigenvalue weighted by Crippen LogP contribution is -2.51. The van der Waals surface area contributed by atoms with Crippen LogP contribution in [0.4, 0.5) is 4.79 Å². The van der Waals surface area contributed by atoms with Gasteiger partial charge in [-0.1, -0.05) is 60.1 Å². The second-order valence-corrected chi connectivity index (χ2v) is 9.64. The van der Waals surface area contributed by atoms with Crippen molar-refractivity contribution in [2.75, 3.05) is 33.4 Å². The van der Waals surface area contributed by atoms with Crippen LogP contribution in [0.2, 0.25) is 5.02 Å². The first-order chi connectivity index (χ1) is 18.5. The van der Waals surface area contributed by atoms with Gasteiger partial charge in [-0.3, -0.25) is 0 Å². The number of carbonyl (C=O) groups excluding carboxylic acids is 1. The largest absolute Gasteiger partial charge is 0.530 e. The fraction of sp³-hybridized carbons (Fsp3) is 0.367. The minimum absolute atomic E-state index is 0.0414. The van der Waals surface area contributed by atoms with Crippen molar-refractivity contribution in [3.05, 3.63) is 94.5 Å². The number of likely N-dealkylation sites (tertiary alicyclic amines) is 1. The van der Waals surface area contributed by atoms with E-state index in [-0.39, 0.29) is 18.6 Å². The first kappa shape index (κ1) is 27.8. The number of ether oxygens (including phenoxy) is 4. The standard InChI is InChI=1S/C30H34ClNO6/c1-35-28-13-8-23(18-27(28)31)21-38-29-19-32(30(33)34)15-14-26(29)24-9-11-25(12-10-24)37-17-5-16-36-20-22-6-3-2-4-7-22/h2-4,6-13,18,26,29H,5,14-17,19-21H2,1H3,(H,33,34)/p-1. The first-order valence-electron chi connectivity index (χ1n) is 12.8. The molecule has 0 aromatic heterocycles. The molecule has 202 valence electrons. The Hall–Kier alpha value is -3.26. The van der Waals surface area contributed by atoms with Gasteiger partial charge < -0.3 is 33.7 Å². The minimum atomic E-state index is -1.18. The van der Waals surface area contributed by atoms with Gasteiger partial charge in [-0.05, 0) is 47.4 Å². The van der Waals surface area contributed by atoms with Gasteiger partial charge in [-0.25, -0.2) is 0 Å². The normalized spacial score (nSPS) is 17.3. The van der Waals surface area contributed by atoms with E-state index in [4.69, 9.17) is 30.5 Å². The zero-order valence-electron chi connectivity index (χ0n) is 21.5. The molecule has 4 rings (SSSR count). The Morgan fingerprint density at radius 3 is 2.50 bits per heavy atom. The molecule has 0 saturated carbocycles. The molecule has 2 atom stereocenters. The Morgan fingerprint density at radius 2 is 1.79 bits per heavy atom. The van der Waals surface area contributed by atoms with E-state index in [9.17, 15) is 9.90 Å². The Kier molecular flexibility index (Phi) is 10.3. The van der Waals surface area contributed by atoms with Crippen molar-refractivity contribution in [2.24, 2.45) is 0 Å². The molecule has 7 nitrogen and oxygen atoms in total. The SMILES string of the molecule is COc1ccc(COC2CN(C(=O)[O-])CCC2c2ccc(OCCCOCc3ccccc3)cc2)cc1Cl. The molecule has 0 N–H and O–H groups in total. The van der Waals surface area contributed by atoms with E-state index in [1.54, 1.807) is 19.2 Å². The number of rotatable bonds is 12. The van der Waals surface area contributed by atoms with Crippen LogP contribution in [0.5, 0.6) is 11.5 Å². The number of methoxy groups -OCH3 is 1. The Labute approximate surface area is 228 Å². The van der Waals surface area contributed by atoms with E-state index in [0.29, 0.717) is 50.2 Å². The lowest BCUT2D eigenvalue weighted by Gasteiger charge is -2.40. The fourth-order valence-electron chi connectivity index (χ4n) is 4.56. The van der Waals surface area contributed by atoms with Gasteiger partial charge in [0.2, 0.25) is 0 Å². The smallest absolute Gasteiger partial charge is 0.137 e. The van der Waals surface area contributed by atoms with Crippen LogP contribution in [-0.4, -0.2) is 50.5 Å². The maximum atomic E-state index is 11.5. The van der Waals surface area contributed by atoms with Crippen LogP contribution in [-0.2, 0) is 22.7 Å². The van der Waals surface area contributed by atoms with Crippen molar-refractivity contribution in [1.82, 2.24) is 4.90 Å². The first-order valence-corrected chi connectivity index (χ1v) is 13.2. The third-order valence-electron chi connectivity index (χ3n) is 6.62. The molecule has 0 bridgehead atoms. The second kappa shape index (κ2) is 14.0. The number of halogens is 1. The van der Waals surface area contributed by atoms with Crippen molar-refractivity contribution < 1.29 is 28.8 Å². The van der Waals surface area contributed by atoms with Crippen LogP contribution in [0.15, 0.2) is 72.8 Å². The summed E-state index contributed by atoms with van der Waals surface area (Å²) in [5, 5.41) is 12.0. The monoisotopic (exact) mass is 538 g/mol. The quantitative estimate of drug-likeness (QED) is 0.300. The predicted molar refractivity (Wildman–Crippen MR) is 144 cm³/mol. The van der Waals surface area contributed by atoms with Gasteiger partial charge >= 0.3 is 0 Å². The summed E-state index contributed by atoms with van der Waals surface area (Å²) in [6, 6.07) is 23.5. The number of hydrogen-bond acceptors (Lipinski definition) is 6. The summed E-state index contributed by atoms with van der Waals surface area (Å²) < 4.78 is 23.0. The maximum Gasteiger partial charge on any atom is 0.137 e. The van der Waals surface area contributed by atoms with Gasteiger partial charge in [0.05, 0.1) is 44.7 Å². The van der Waals surface area contributed by atoms with E-state index >= 15 is 0 Å². The molecule has 8 heteroatoms. The highest BCUT2D eigenvalue weighted by atomic mass is 35.5. The van der Waals surface area contributed by atoms with Crippen LogP contribution in [0.1, 0.15) is 35.4 Å². The topological polar surface area (TPSA) is 80.3 Å². The Morgan fingerprint density at radius 1 is 1.00 bits per heavy atom. The van der Waals surface area contributed by atoms with Crippen LogP contribution in [0.3, 0.4) is 0 Å². The van der Waals surface area contributed by atoms with Gasteiger partial charge in [0.15, 0.2) is 0 Å². The molecule has 3 aromatic carbocycles. The van der Waals surface area contributed by atoms with E-state index in [1.165, 1.54) is 4.90 Å². The Balaban J connectivity index is 1.29. The van der Waals surface area contributed by atoms with Gasteiger partial charge in [-0.2, -0.15) is 0 Å². The summed E-state index contributed by atoms with van der Waals surface area (Å²) in [6.07, 6.45) is -0.0696. The Bertz CT molecular complexity index is 1160. The third-order valence-corrected chi connectivity index (χ3v) is 6.91. The molecule has 38 heavy (non-hydrogen) atoms. The van der Waals surface area contributed by atoms with E-state index < -0.39 is 6.09 Å². The molecule has 1 aliphatic heterocycles. The summed E-state index contributed by atoms with van der Waals surface area (Å²) in [5.41, 5.74) is 3.13. The van der Waals surface area contributed by atoms with Crippen LogP contribution in [0, 0.1) is 0 Å². The van der Waals surface area contributed by atoms with Crippen molar-refractivity contribution in [3.8, 4) is 11.5 Å². The molecule has 0 aliphatic carbocycles. The highest BCUT2D eigenvalue weighted by Crippen LogP contribution is 2.33. The second-order valence-electron chi connectivity index (χ2n) is 9.23.